The number of hydrogen-bond acceptors (Lipinski definition) is 2. The predicted molar refractivity (Wildman–Crippen MR) is 41.1 cm³/mol. The van der Waals surface area contributed by atoms with Gasteiger partial charge in [0.1, 0.15) is 6.10 Å². The Morgan fingerprint density at radius 1 is 1.18 bits per heavy atom. The van der Waals surface area contributed by atoms with Crippen LogP contribution in [0.15, 0.2) is 0 Å². The summed E-state index contributed by atoms with van der Waals surface area (Å²) in [7, 11) is 0. The van der Waals surface area contributed by atoms with E-state index in [1.807, 2.05) is 0 Å². The molecule has 2 rings (SSSR count). The minimum absolute atomic E-state index is 0.0651. The van der Waals surface area contributed by atoms with Crippen LogP contribution in [-0.2, 0) is 4.79 Å². The molecule has 1 N–H and O–H groups in total. The van der Waals surface area contributed by atoms with Gasteiger partial charge in [0.25, 0.3) is 0 Å². The first-order valence-corrected chi connectivity index (χ1v) is 4.48. The molecule has 0 aromatic carbocycles. The standard InChI is InChI=1S/C9H14O2/c10-8-3-1-6-5-7(6)2-4-9(8)11/h6-8,10H,1-5H2. The molecule has 3 atom stereocenters. The first-order valence-electron chi connectivity index (χ1n) is 4.48. The monoisotopic (exact) mass is 154 g/mol. The van der Waals surface area contributed by atoms with E-state index in [2.05, 4.69) is 0 Å². The quantitative estimate of drug-likeness (QED) is 0.568. The first-order chi connectivity index (χ1) is 5.27. The summed E-state index contributed by atoms with van der Waals surface area (Å²) in [5.41, 5.74) is 0. The third-order valence-corrected chi connectivity index (χ3v) is 3.01. The predicted octanol–water partition coefficient (Wildman–Crippen LogP) is 1.13. The molecular formula is C9H14O2. The molecule has 2 aliphatic rings. The van der Waals surface area contributed by atoms with E-state index in [4.69, 9.17) is 0 Å². The van der Waals surface area contributed by atoms with Crippen molar-refractivity contribution in [2.24, 2.45) is 11.8 Å². The van der Waals surface area contributed by atoms with Crippen molar-refractivity contribution in [2.75, 3.05) is 0 Å². The summed E-state index contributed by atoms with van der Waals surface area (Å²) in [6.07, 6.45) is 4.08. The van der Waals surface area contributed by atoms with Gasteiger partial charge in [-0.2, -0.15) is 0 Å². The minimum atomic E-state index is -0.642. The molecule has 2 aliphatic carbocycles. The van der Waals surface area contributed by atoms with E-state index in [-0.39, 0.29) is 5.78 Å². The fraction of sp³-hybridized carbons (Fsp3) is 0.889. The van der Waals surface area contributed by atoms with Gasteiger partial charge in [-0.25, -0.2) is 0 Å². The fourth-order valence-corrected chi connectivity index (χ4v) is 2.04. The summed E-state index contributed by atoms with van der Waals surface area (Å²) in [4.78, 5) is 11.1. The van der Waals surface area contributed by atoms with Crippen LogP contribution >= 0.6 is 0 Å². The average molecular weight is 154 g/mol. The molecule has 0 radical (unpaired) electrons. The van der Waals surface area contributed by atoms with Crippen molar-refractivity contribution >= 4 is 5.78 Å². The van der Waals surface area contributed by atoms with Crippen LogP contribution in [0.3, 0.4) is 0 Å². The zero-order valence-corrected chi connectivity index (χ0v) is 6.62. The van der Waals surface area contributed by atoms with Crippen molar-refractivity contribution in [1.82, 2.24) is 0 Å². The van der Waals surface area contributed by atoms with Crippen LogP contribution in [0.5, 0.6) is 0 Å². The van der Waals surface area contributed by atoms with Crippen molar-refractivity contribution in [2.45, 2.75) is 38.2 Å². The number of fused-ring (bicyclic) bond motifs is 1. The van der Waals surface area contributed by atoms with Gasteiger partial charge in [-0.05, 0) is 37.5 Å². The maximum absolute atomic E-state index is 11.1. The Hall–Kier alpha value is -0.370. The number of rotatable bonds is 0. The maximum atomic E-state index is 11.1. The molecule has 2 nitrogen and oxygen atoms in total. The largest absolute Gasteiger partial charge is 0.385 e. The van der Waals surface area contributed by atoms with E-state index in [1.54, 1.807) is 0 Å². The van der Waals surface area contributed by atoms with E-state index in [9.17, 15) is 9.90 Å². The van der Waals surface area contributed by atoms with Crippen molar-refractivity contribution in [1.29, 1.82) is 0 Å². The van der Waals surface area contributed by atoms with Crippen LogP contribution in [0, 0.1) is 11.8 Å². The number of carbonyl (C=O) groups excluding carboxylic acids is 1. The van der Waals surface area contributed by atoms with Gasteiger partial charge in [0.15, 0.2) is 5.78 Å². The molecule has 0 aromatic rings. The Bertz CT molecular complexity index is 176. The van der Waals surface area contributed by atoms with Gasteiger partial charge >= 0.3 is 0 Å². The number of carbonyl (C=O) groups is 1. The van der Waals surface area contributed by atoms with Crippen LogP contribution in [0.1, 0.15) is 32.1 Å². The van der Waals surface area contributed by atoms with Crippen LogP contribution in [0.2, 0.25) is 0 Å². The molecule has 0 saturated heterocycles. The number of Topliss-reactive ketones (excluding diaryl/α,β-unsaturated/α-hetero) is 1. The molecule has 2 fully saturated rings. The number of ketones is 1. The molecule has 0 aliphatic heterocycles. The SMILES string of the molecule is O=C1CCC2CC2CCC1O. The Kier molecular flexibility index (Phi) is 1.72. The van der Waals surface area contributed by atoms with Gasteiger partial charge < -0.3 is 5.11 Å². The third-order valence-electron chi connectivity index (χ3n) is 3.01. The van der Waals surface area contributed by atoms with E-state index in [0.717, 1.165) is 24.7 Å². The lowest BCUT2D eigenvalue weighted by Gasteiger charge is -2.11. The molecule has 0 amide bonds. The fourth-order valence-electron chi connectivity index (χ4n) is 2.04. The van der Waals surface area contributed by atoms with Gasteiger partial charge in [-0.15, -0.1) is 0 Å². The van der Waals surface area contributed by atoms with Crippen LogP contribution in [-0.4, -0.2) is 17.0 Å². The molecule has 0 heterocycles. The first kappa shape index (κ1) is 7.29. The van der Waals surface area contributed by atoms with Crippen LogP contribution < -0.4 is 0 Å². The molecule has 0 spiro atoms. The molecule has 0 bridgehead atoms. The number of hydrogen-bond donors (Lipinski definition) is 1. The lowest BCUT2D eigenvalue weighted by molar-refractivity contribution is -0.128. The van der Waals surface area contributed by atoms with Gasteiger partial charge in [0.05, 0.1) is 0 Å². The summed E-state index contributed by atoms with van der Waals surface area (Å²) in [6.45, 7) is 0. The highest BCUT2D eigenvalue weighted by Gasteiger charge is 2.39. The molecule has 11 heavy (non-hydrogen) atoms. The van der Waals surface area contributed by atoms with Crippen LogP contribution in [0.4, 0.5) is 0 Å². The number of aliphatic hydroxyl groups is 1. The summed E-state index contributed by atoms with van der Waals surface area (Å²) >= 11 is 0. The molecule has 0 aromatic heterocycles. The summed E-state index contributed by atoms with van der Waals surface area (Å²) < 4.78 is 0. The summed E-state index contributed by atoms with van der Waals surface area (Å²) in [6, 6.07) is 0. The summed E-state index contributed by atoms with van der Waals surface area (Å²) in [5.74, 6) is 1.74. The zero-order valence-electron chi connectivity index (χ0n) is 6.62. The molecule has 2 heteroatoms. The smallest absolute Gasteiger partial charge is 0.161 e. The highest BCUT2D eigenvalue weighted by atomic mass is 16.3. The van der Waals surface area contributed by atoms with Gasteiger partial charge in [-0.3, -0.25) is 4.79 Å². The van der Waals surface area contributed by atoms with E-state index in [0.29, 0.717) is 12.8 Å². The lowest BCUT2D eigenvalue weighted by atomic mass is 9.98. The van der Waals surface area contributed by atoms with Gasteiger partial charge in [0.2, 0.25) is 0 Å². The second-order valence-electron chi connectivity index (χ2n) is 3.85. The van der Waals surface area contributed by atoms with E-state index in [1.165, 1.54) is 6.42 Å². The maximum Gasteiger partial charge on any atom is 0.161 e. The minimum Gasteiger partial charge on any atom is -0.385 e. The van der Waals surface area contributed by atoms with Crippen molar-refractivity contribution < 1.29 is 9.90 Å². The van der Waals surface area contributed by atoms with Crippen molar-refractivity contribution in [3.05, 3.63) is 0 Å². The molecule has 2 saturated carbocycles. The Morgan fingerprint density at radius 3 is 2.73 bits per heavy atom. The topological polar surface area (TPSA) is 37.3 Å². The van der Waals surface area contributed by atoms with Crippen LogP contribution in [0.25, 0.3) is 0 Å². The zero-order chi connectivity index (χ0) is 7.84. The molecule has 3 unspecified atom stereocenters. The lowest BCUT2D eigenvalue weighted by Crippen LogP contribution is -2.21. The normalized spacial score (nSPS) is 44.1. The van der Waals surface area contributed by atoms with Gasteiger partial charge in [0, 0.05) is 6.42 Å². The Morgan fingerprint density at radius 2 is 1.91 bits per heavy atom. The third kappa shape index (κ3) is 1.45. The number of aliphatic hydroxyl groups excluding tert-OH is 1. The average Bonchev–Trinajstić information content (AvgIpc) is 2.72. The highest BCUT2D eigenvalue weighted by Crippen LogP contribution is 2.46. The summed E-state index contributed by atoms with van der Waals surface area (Å²) in [5, 5.41) is 9.27. The van der Waals surface area contributed by atoms with E-state index >= 15 is 0 Å². The van der Waals surface area contributed by atoms with Gasteiger partial charge in [-0.1, -0.05) is 0 Å². The second kappa shape index (κ2) is 2.59. The van der Waals surface area contributed by atoms with E-state index < -0.39 is 6.10 Å². The van der Waals surface area contributed by atoms with Crippen molar-refractivity contribution in [3.8, 4) is 0 Å². The molecular weight excluding hydrogens is 140 g/mol. The Labute approximate surface area is 66.6 Å². The second-order valence-corrected chi connectivity index (χ2v) is 3.85. The van der Waals surface area contributed by atoms with Crippen molar-refractivity contribution in [3.63, 3.8) is 0 Å². The highest BCUT2D eigenvalue weighted by molar-refractivity contribution is 5.82. The Balaban J connectivity index is 1.94. The molecule has 62 valence electrons.